The van der Waals surface area contributed by atoms with Crippen LogP contribution >= 0.6 is 11.6 Å². The Morgan fingerprint density at radius 1 is 1.19 bits per heavy atom. The molecule has 3 rings (SSSR count). The van der Waals surface area contributed by atoms with Crippen molar-refractivity contribution in [2.24, 2.45) is 0 Å². The normalized spacial score (nSPS) is 15.8. The number of phenolic OH excluding ortho intramolecular Hbond substituents is 1. The molecule has 1 aliphatic rings. The SMILES string of the molecule is C[C@H](C(=O)Nc1ccc(C#N)c(Cl)c1)N1CCN(c2ccc(O)cc2)CC1. The van der Waals surface area contributed by atoms with Crippen LogP contribution in [0.1, 0.15) is 12.5 Å². The summed E-state index contributed by atoms with van der Waals surface area (Å²) < 4.78 is 0. The van der Waals surface area contributed by atoms with Crippen LogP contribution in [-0.2, 0) is 4.79 Å². The predicted molar refractivity (Wildman–Crippen MR) is 106 cm³/mol. The van der Waals surface area contributed by atoms with Crippen molar-refractivity contribution >= 4 is 28.9 Å². The number of phenols is 1. The fourth-order valence-electron chi connectivity index (χ4n) is 3.13. The lowest BCUT2D eigenvalue weighted by atomic mass is 10.1. The number of nitriles is 1. The van der Waals surface area contributed by atoms with Gasteiger partial charge in [0.15, 0.2) is 0 Å². The number of aromatic hydroxyl groups is 1. The van der Waals surface area contributed by atoms with Gasteiger partial charge >= 0.3 is 0 Å². The van der Waals surface area contributed by atoms with Gasteiger partial charge in [-0.3, -0.25) is 9.69 Å². The van der Waals surface area contributed by atoms with Crippen LogP contribution in [0.4, 0.5) is 11.4 Å². The van der Waals surface area contributed by atoms with E-state index in [-0.39, 0.29) is 17.7 Å². The van der Waals surface area contributed by atoms with Gasteiger partial charge in [0.05, 0.1) is 16.6 Å². The molecule has 140 valence electrons. The first-order chi connectivity index (χ1) is 13.0. The third kappa shape index (κ3) is 4.51. The topological polar surface area (TPSA) is 79.6 Å². The summed E-state index contributed by atoms with van der Waals surface area (Å²) in [5.74, 6) is 0.152. The van der Waals surface area contributed by atoms with Gasteiger partial charge in [-0.1, -0.05) is 11.6 Å². The number of hydrogen-bond acceptors (Lipinski definition) is 5. The lowest BCUT2D eigenvalue weighted by molar-refractivity contribution is -0.120. The van der Waals surface area contributed by atoms with Crippen molar-refractivity contribution in [3.63, 3.8) is 0 Å². The van der Waals surface area contributed by atoms with Gasteiger partial charge in [-0.05, 0) is 49.4 Å². The van der Waals surface area contributed by atoms with Crippen molar-refractivity contribution in [3.05, 3.63) is 53.1 Å². The number of benzene rings is 2. The van der Waals surface area contributed by atoms with E-state index in [2.05, 4.69) is 15.1 Å². The molecule has 0 aromatic heterocycles. The average Bonchev–Trinajstić information content (AvgIpc) is 2.68. The van der Waals surface area contributed by atoms with E-state index in [1.165, 1.54) is 0 Å². The zero-order valence-corrected chi connectivity index (χ0v) is 15.8. The highest BCUT2D eigenvalue weighted by atomic mass is 35.5. The van der Waals surface area contributed by atoms with E-state index in [1.54, 1.807) is 30.3 Å². The maximum absolute atomic E-state index is 12.6. The highest BCUT2D eigenvalue weighted by Gasteiger charge is 2.25. The largest absolute Gasteiger partial charge is 0.508 e. The van der Waals surface area contributed by atoms with Crippen molar-refractivity contribution in [3.8, 4) is 11.8 Å². The lowest BCUT2D eigenvalue weighted by Gasteiger charge is -2.38. The smallest absolute Gasteiger partial charge is 0.241 e. The van der Waals surface area contributed by atoms with Crippen LogP contribution in [0.2, 0.25) is 5.02 Å². The third-order valence-corrected chi connectivity index (χ3v) is 5.13. The molecule has 0 bridgehead atoms. The molecule has 1 saturated heterocycles. The van der Waals surface area contributed by atoms with Crippen molar-refractivity contribution < 1.29 is 9.90 Å². The first-order valence-corrected chi connectivity index (χ1v) is 9.14. The van der Waals surface area contributed by atoms with Crippen LogP contribution < -0.4 is 10.2 Å². The number of nitrogens with one attached hydrogen (secondary N) is 1. The van der Waals surface area contributed by atoms with E-state index >= 15 is 0 Å². The minimum atomic E-state index is -0.276. The molecule has 1 fully saturated rings. The Bertz CT molecular complexity index is 855. The van der Waals surface area contributed by atoms with Crippen LogP contribution in [0.5, 0.6) is 5.75 Å². The molecule has 0 saturated carbocycles. The maximum Gasteiger partial charge on any atom is 0.241 e. The number of carbonyl (C=O) groups excluding carboxylic acids is 1. The Morgan fingerprint density at radius 3 is 2.44 bits per heavy atom. The summed E-state index contributed by atoms with van der Waals surface area (Å²) in [5, 5.41) is 21.5. The zero-order chi connectivity index (χ0) is 19.4. The molecule has 1 heterocycles. The molecule has 1 amide bonds. The molecule has 2 aromatic rings. The summed E-state index contributed by atoms with van der Waals surface area (Å²) >= 11 is 6.02. The van der Waals surface area contributed by atoms with Gasteiger partial charge in [0.1, 0.15) is 11.8 Å². The molecule has 2 N–H and O–H groups in total. The number of hydrogen-bond donors (Lipinski definition) is 2. The highest BCUT2D eigenvalue weighted by molar-refractivity contribution is 6.32. The maximum atomic E-state index is 12.6. The van der Waals surface area contributed by atoms with E-state index < -0.39 is 0 Å². The fourth-order valence-corrected chi connectivity index (χ4v) is 3.35. The van der Waals surface area contributed by atoms with Gasteiger partial charge < -0.3 is 15.3 Å². The zero-order valence-electron chi connectivity index (χ0n) is 15.0. The second-order valence-corrected chi connectivity index (χ2v) is 6.92. The number of carbonyl (C=O) groups is 1. The Labute approximate surface area is 163 Å². The molecule has 2 aromatic carbocycles. The van der Waals surface area contributed by atoms with E-state index in [1.807, 2.05) is 25.1 Å². The first kappa shape index (κ1) is 19.0. The Hall–Kier alpha value is -2.75. The molecule has 1 aliphatic heterocycles. The van der Waals surface area contributed by atoms with Crippen molar-refractivity contribution in [2.45, 2.75) is 13.0 Å². The molecule has 0 spiro atoms. The number of halogens is 1. The Morgan fingerprint density at radius 2 is 1.85 bits per heavy atom. The number of nitrogens with zero attached hydrogens (tertiary/aromatic N) is 3. The quantitative estimate of drug-likeness (QED) is 0.846. The van der Waals surface area contributed by atoms with E-state index in [9.17, 15) is 9.90 Å². The molecule has 0 unspecified atom stereocenters. The number of rotatable bonds is 4. The summed E-state index contributed by atoms with van der Waals surface area (Å²) in [7, 11) is 0. The summed E-state index contributed by atoms with van der Waals surface area (Å²) in [6.45, 7) is 5.04. The van der Waals surface area contributed by atoms with Gasteiger partial charge in [0.25, 0.3) is 0 Å². The van der Waals surface area contributed by atoms with E-state index in [0.717, 1.165) is 31.9 Å². The number of amides is 1. The molecule has 7 heteroatoms. The molecular weight excluding hydrogens is 364 g/mol. The molecule has 27 heavy (non-hydrogen) atoms. The summed E-state index contributed by atoms with van der Waals surface area (Å²) in [6.07, 6.45) is 0. The van der Waals surface area contributed by atoms with Gasteiger partial charge in [-0.25, -0.2) is 0 Å². The Kier molecular flexibility index (Phi) is 5.84. The second-order valence-electron chi connectivity index (χ2n) is 6.51. The van der Waals surface area contributed by atoms with E-state index in [0.29, 0.717) is 16.3 Å². The molecule has 6 nitrogen and oxygen atoms in total. The highest BCUT2D eigenvalue weighted by Crippen LogP contribution is 2.22. The first-order valence-electron chi connectivity index (χ1n) is 8.76. The monoisotopic (exact) mass is 384 g/mol. The van der Waals surface area contributed by atoms with Crippen LogP contribution in [0.3, 0.4) is 0 Å². The van der Waals surface area contributed by atoms with Gasteiger partial charge in [0, 0.05) is 37.6 Å². The van der Waals surface area contributed by atoms with Crippen molar-refractivity contribution in [1.82, 2.24) is 4.90 Å². The second kappa shape index (κ2) is 8.30. The summed E-state index contributed by atoms with van der Waals surface area (Å²) in [4.78, 5) is 16.9. The van der Waals surface area contributed by atoms with Crippen LogP contribution in [-0.4, -0.2) is 48.1 Å². The van der Waals surface area contributed by atoms with E-state index in [4.69, 9.17) is 16.9 Å². The number of anilines is 2. The molecule has 1 atom stereocenters. The fraction of sp³-hybridized carbons (Fsp3) is 0.300. The predicted octanol–water partition coefficient (Wildman–Crippen LogP) is 3.07. The summed E-state index contributed by atoms with van der Waals surface area (Å²) in [6, 6.07) is 13.7. The molecule has 0 aliphatic carbocycles. The van der Waals surface area contributed by atoms with Gasteiger partial charge in [0.2, 0.25) is 5.91 Å². The average molecular weight is 385 g/mol. The number of piperazine rings is 1. The van der Waals surface area contributed by atoms with Crippen LogP contribution in [0.25, 0.3) is 0 Å². The summed E-state index contributed by atoms with van der Waals surface area (Å²) in [5.41, 5.74) is 2.03. The van der Waals surface area contributed by atoms with Crippen LogP contribution in [0.15, 0.2) is 42.5 Å². The van der Waals surface area contributed by atoms with Gasteiger partial charge in [-0.15, -0.1) is 0 Å². The van der Waals surface area contributed by atoms with Gasteiger partial charge in [-0.2, -0.15) is 5.26 Å². The minimum Gasteiger partial charge on any atom is -0.508 e. The third-order valence-electron chi connectivity index (χ3n) is 4.81. The minimum absolute atomic E-state index is 0.103. The Balaban J connectivity index is 1.56. The van der Waals surface area contributed by atoms with Crippen molar-refractivity contribution in [1.29, 1.82) is 5.26 Å². The molecular formula is C20H21ClN4O2. The lowest BCUT2D eigenvalue weighted by Crippen LogP contribution is -2.52. The standard InChI is InChI=1S/C20H21ClN4O2/c1-14(20(27)23-16-3-2-15(13-22)19(21)12-16)24-8-10-25(11-9-24)17-4-6-18(26)7-5-17/h2-7,12,14,26H,8-11H2,1H3,(H,23,27)/t14-/m1/s1. The van der Waals surface area contributed by atoms with Crippen molar-refractivity contribution in [2.75, 3.05) is 36.4 Å². The molecule has 0 radical (unpaired) electrons. The van der Waals surface area contributed by atoms with Crippen LogP contribution in [0, 0.1) is 11.3 Å².